The molecule has 5 nitrogen and oxygen atoms in total. The van der Waals surface area contributed by atoms with Crippen molar-refractivity contribution in [1.82, 2.24) is 15.0 Å². The zero-order valence-electron chi connectivity index (χ0n) is 30.2. The predicted molar refractivity (Wildman–Crippen MR) is 231 cm³/mol. The highest BCUT2D eigenvalue weighted by Crippen LogP contribution is 2.42. The van der Waals surface area contributed by atoms with Crippen molar-refractivity contribution in [2.45, 2.75) is 0 Å². The smallest absolute Gasteiger partial charge is 0.228 e. The molecule has 0 saturated heterocycles. The van der Waals surface area contributed by atoms with Crippen LogP contribution in [0.25, 0.3) is 88.2 Å². The van der Waals surface area contributed by atoms with Gasteiger partial charge in [-0.3, -0.25) is 9.97 Å². The highest BCUT2D eigenvalue weighted by atomic mass is 16.3. The van der Waals surface area contributed by atoms with Crippen LogP contribution in [-0.4, -0.2) is 15.0 Å². The average Bonchev–Trinajstić information content (AvgIpc) is 3.64. The Labute approximate surface area is 322 Å². The molecule has 0 N–H and O–H groups in total. The second-order valence-corrected chi connectivity index (χ2v) is 14.1. The highest BCUT2D eigenvalue weighted by Gasteiger charge is 2.19. The number of pyridine rings is 3. The Morgan fingerprint density at radius 2 is 0.893 bits per heavy atom. The molecule has 0 saturated carbocycles. The molecule has 0 aliphatic rings. The van der Waals surface area contributed by atoms with Gasteiger partial charge in [-0.15, -0.1) is 0 Å². The van der Waals surface area contributed by atoms with Gasteiger partial charge in [-0.1, -0.05) is 97.1 Å². The summed E-state index contributed by atoms with van der Waals surface area (Å²) in [4.78, 5) is 16.3. The number of furan rings is 1. The number of hydrogen-bond donors (Lipinski definition) is 0. The molecular weight excluding hydrogens is 685 g/mol. The van der Waals surface area contributed by atoms with E-state index in [1.54, 1.807) is 0 Å². The fraction of sp³-hybridized carbons (Fsp3) is 0. The summed E-state index contributed by atoms with van der Waals surface area (Å²) in [6.07, 6.45) is 3.67. The maximum absolute atomic E-state index is 6.30. The summed E-state index contributed by atoms with van der Waals surface area (Å²) in [5.74, 6) is 0. The molecule has 5 heteroatoms. The summed E-state index contributed by atoms with van der Waals surface area (Å²) in [7, 11) is 0. The fourth-order valence-corrected chi connectivity index (χ4v) is 8.02. The van der Waals surface area contributed by atoms with Crippen molar-refractivity contribution in [1.29, 1.82) is 0 Å². The highest BCUT2D eigenvalue weighted by molar-refractivity contribution is 6.18. The third-order valence-electron chi connectivity index (χ3n) is 10.8. The number of benzene rings is 7. The molecule has 56 heavy (non-hydrogen) atoms. The van der Waals surface area contributed by atoms with Crippen molar-refractivity contribution in [3.8, 4) is 33.4 Å². The van der Waals surface area contributed by atoms with Gasteiger partial charge in [0.05, 0.1) is 21.9 Å². The van der Waals surface area contributed by atoms with E-state index in [0.29, 0.717) is 5.71 Å². The maximum atomic E-state index is 6.30. The molecule has 11 rings (SSSR count). The van der Waals surface area contributed by atoms with E-state index in [1.165, 1.54) is 0 Å². The molecular formula is C51H32N4O. The second-order valence-electron chi connectivity index (χ2n) is 14.1. The van der Waals surface area contributed by atoms with E-state index in [9.17, 15) is 0 Å². The lowest BCUT2D eigenvalue weighted by atomic mass is 9.96. The van der Waals surface area contributed by atoms with Gasteiger partial charge in [0.25, 0.3) is 0 Å². The van der Waals surface area contributed by atoms with Crippen LogP contribution >= 0.6 is 0 Å². The van der Waals surface area contributed by atoms with E-state index in [0.717, 1.165) is 99.5 Å². The molecule has 0 bridgehead atoms. The van der Waals surface area contributed by atoms with Gasteiger partial charge in [0.2, 0.25) is 5.71 Å². The standard InChI is InChI=1S/C51H32N4O/c1-3-11-47-43(9-1)49(50-44-10-2-4-12-48(44)56-51(50)54-47)35-17-25-42(26-18-35)55(40-21-13-33(14-22-40)36-19-27-45-38(31-36)7-5-29-52-45)41-23-15-34(16-24-41)37-20-28-46-39(32-37)8-6-30-53-46/h1-32H. The molecule has 7 aromatic carbocycles. The molecule has 0 aliphatic heterocycles. The van der Waals surface area contributed by atoms with Crippen molar-refractivity contribution < 1.29 is 4.42 Å². The number of anilines is 3. The molecule has 262 valence electrons. The van der Waals surface area contributed by atoms with E-state index in [4.69, 9.17) is 9.40 Å². The fourth-order valence-electron chi connectivity index (χ4n) is 8.02. The molecule has 0 unspecified atom stereocenters. The van der Waals surface area contributed by atoms with Gasteiger partial charge in [0.15, 0.2) is 0 Å². The van der Waals surface area contributed by atoms with E-state index in [-0.39, 0.29) is 0 Å². The lowest BCUT2D eigenvalue weighted by molar-refractivity contribution is 0.656. The third kappa shape index (κ3) is 5.45. The van der Waals surface area contributed by atoms with Crippen LogP contribution < -0.4 is 4.90 Å². The molecule has 11 aromatic rings. The first-order chi connectivity index (χ1) is 27.7. The van der Waals surface area contributed by atoms with Gasteiger partial charge < -0.3 is 9.32 Å². The quantitative estimate of drug-likeness (QED) is 0.171. The van der Waals surface area contributed by atoms with Gasteiger partial charge in [-0.25, -0.2) is 4.98 Å². The molecule has 4 heterocycles. The lowest BCUT2D eigenvalue weighted by Gasteiger charge is -2.26. The van der Waals surface area contributed by atoms with Crippen LogP contribution in [0.4, 0.5) is 17.1 Å². The van der Waals surface area contributed by atoms with Gasteiger partial charge in [0.1, 0.15) is 5.58 Å². The van der Waals surface area contributed by atoms with Crippen LogP contribution in [0, 0.1) is 0 Å². The molecule has 0 spiro atoms. The van der Waals surface area contributed by atoms with Crippen LogP contribution in [-0.2, 0) is 0 Å². The minimum absolute atomic E-state index is 0.649. The Kier molecular flexibility index (Phi) is 7.42. The van der Waals surface area contributed by atoms with Crippen molar-refractivity contribution >= 4 is 71.8 Å². The summed E-state index contributed by atoms with van der Waals surface area (Å²) in [5.41, 5.74) is 14.4. The Morgan fingerprint density at radius 3 is 1.48 bits per heavy atom. The number of rotatable bonds is 6. The first-order valence-corrected chi connectivity index (χ1v) is 18.7. The van der Waals surface area contributed by atoms with Crippen molar-refractivity contribution in [2.24, 2.45) is 0 Å². The van der Waals surface area contributed by atoms with Crippen LogP contribution in [0.5, 0.6) is 0 Å². The summed E-state index contributed by atoms with van der Waals surface area (Å²) in [6, 6.07) is 64.1. The second kappa shape index (κ2) is 13.0. The molecule has 0 amide bonds. The summed E-state index contributed by atoms with van der Waals surface area (Å²) >= 11 is 0. The van der Waals surface area contributed by atoms with Crippen LogP contribution in [0.2, 0.25) is 0 Å². The molecule has 0 aliphatic carbocycles. The Balaban J connectivity index is 1.02. The molecule has 0 atom stereocenters. The zero-order chi connectivity index (χ0) is 37.0. The monoisotopic (exact) mass is 716 g/mol. The van der Waals surface area contributed by atoms with Crippen molar-refractivity contribution in [3.05, 3.63) is 194 Å². The SMILES string of the molecule is c1cnc2ccc(-c3ccc(N(c4ccc(-c5ccc6ncccc6c5)cc4)c4ccc(-c5c6ccccc6nc6oc7ccccc7c56)cc4)cc3)cc2c1. The zero-order valence-corrected chi connectivity index (χ0v) is 30.2. The topological polar surface area (TPSA) is 55.1 Å². The minimum Gasteiger partial charge on any atom is -0.438 e. The summed E-state index contributed by atoms with van der Waals surface area (Å²) in [5, 5.41) is 5.44. The average molecular weight is 717 g/mol. The normalized spacial score (nSPS) is 11.6. The van der Waals surface area contributed by atoms with Gasteiger partial charge >= 0.3 is 0 Å². The Bertz CT molecular complexity index is 3120. The first kappa shape index (κ1) is 31.9. The van der Waals surface area contributed by atoms with E-state index < -0.39 is 0 Å². The molecule has 0 fully saturated rings. The maximum Gasteiger partial charge on any atom is 0.228 e. The Morgan fingerprint density at radius 1 is 0.393 bits per heavy atom. The van der Waals surface area contributed by atoms with E-state index in [1.807, 2.05) is 42.7 Å². The van der Waals surface area contributed by atoms with Gasteiger partial charge in [-0.2, -0.15) is 0 Å². The van der Waals surface area contributed by atoms with E-state index in [2.05, 4.69) is 167 Å². The van der Waals surface area contributed by atoms with Crippen LogP contribution in [0.15, 0.2) is 199 Å². The van der Waals surface area contributed by atoms with Gasteiger partial charge in [-0.05, 0) is 113 Å². The van der Waals surface area contributed by atoms with Crippen LogP contribution in [0.3, 0.4) is 0 Å². The number of para-hydroxylation sites is 2. The number of aromatic nitrogens is 3. The third-order valence-corrected chi connectivity index (χ3v) is 10.8. The van der Waals surface area contributed by atoms with Gasteiger partial charge in [0, 0.05) is 56.6 Å². The van der Waals surface area contributed by atoms with Crippen LogP contribution in [0.1, 0.15) is 0 Å². The molecule has 0 radical (unpaired) electrons. The lowest BCUT2D eigenvalue weighted by Crippen LogP contribution is -2.09. The number of nitrogens with zero attached hydrogens (tertiary/aromatic N) is 4. The first-order valence-electron chi connectivity index (χ1n) is 18.7. The van der Waals surface area contributed by atoms with Crippen molar-refractivity contribution in [3.63, 3.8) is 0 Å². The Hall–Kier alpha value is -7.63. The van der Waals surface area contributed by atoms with Crippen molar-refractivity contribution in [2.75, 3.05) is 4.90 Å². The largest absolute Gasteiger partial charge is 0.438 e. The minimum atomic E-state index is 0.649. The molecule has 4 aromatic heterocycles. The summed E-state index contributed by atoms with van der Waals surface area (Å²) < 4.78 is 6.30. The summed E-state index contributed by atoms with van der Waals surface area (Å²) in [6.45, 7) is 0. The number of hydrogen-bond acceptors (Lipinski definition) is 5. The predicted octanol–water partition coefficient (Wildman–Crippen LogP) is 13.7. The number of fused-ring (bicyclic) bond motifs is 6. The van der Waals surface area contributed by atoms with E-state index >= 15 is 0 Å².